The SMILES string of the molecule is CCC(C)C1=CC(C(C)CC)=C(CCN(C)C)C1. The van der Waals surface area contributed by atoms with Gasteiger partial charge in [0, 0.05) is 6.54 Å². The number of hydrogen-bond donors (Lipinski definition) is 0. The molecule has 0 aliphatic heterocycles. The number of nitrogens with zero attached hydrogens (tertiary/aromatic N) is 1. The van der Waals surface area contributed by atoms with Crippen LogP contribution >= 0.6 is 0 Å². The lowest BCUT2D eigenvalue weighted by Crippen LogP contribution is -2.14. The average Bonchev–Trinajstić information content (AvgIpc) is 2.78. The Balaban J connectivity index is 2.79. The molecule has 1 nitrogen and oxygen atoms in total. The molecule has 1 heteroatoms. The normalized spacial score (nSPS) is 19.4. The first-order valence-electron chi connectivity index (χ1n) is 7.56. The summed E-state index contributed by atoms with van der Waals surface area (Å²) in [7, 11) is 4.34. The van der Waals surface area contributed by atoms with Gasteiger partial charge in [-0.25, -0.2) is 0 Å². The van der Waals surface area contributed by atoms with Crippen molar-refractivity contribution in [1.82, 2.24) is 4.90 Å². The zero-order valence-electron chi connectivity index (χ0n) is 13.2. The minimum absolute atomic E-state index is 0.726. The van der Waals surface area contributed by atoms with Gasteiger partial charge in [-0.05, 0) is 57.2 Å². The van der Waals surface area contributed by atoms with E-state index < -0.39 is 0 Å². The van der Waals surface area contributed by atoms with E-state index in [4.69, 9.17) is 0 Å². The second kappa shape index (κ2) is 7.13. The van der Waals surface area contributed by atoms with Crippen LogP contribution in [0.25, 0.3) is 0 Å². The van der Waals surface area contributed by atoms with Gasteiger partial charge in [0.2, 0.25) is 0 Å². The third-order valence-electron chi connectivity index (χ3n) is 4.42. The highest BCUT2D eigenvalue weighted by molar-refractivity contribution is 5.41. The summed E-state index contributed by atoms with van der Waals surface area (Å²) in [6.07, 6.45) is 7.52. The molecule has 1 aliphatic rings. The van der Waals surface area contributed by atoms with Gasteiger partial charge >= 0.3 is 0 Å². The lowest BCUT2D eigenvalue weighted by Gasteiger charge is -2.15. The fraction of sp³-hybridized carbons (Fsp3) is 0.765. The van der Waals surface area contributed by atoms with Crippen LogP contribution in [0.2, 0.25) is 0 Å². The maximum absolute atomic E-state index is 2.52. The highest BCUT2D eigenvalue weighted by Gasteiger charge is 2.21. The lowest BCUT2D eigenvalue weighted by molar-refractivity contribution is 0.410. The molecule has 0 aromatic carbocycles. The Morgan fingerprint density at radius 2 is 1.72 bits per heavy atom. The van der Waals surface area contributed by atoms with Crippen molar-refractivity contribution in [3.8, 4) is 0 Å². The van der Waals surface area contributed by atoms with Gasteiger partial charge in [0.25, 0.3) is 0 Å². The largest absolute Gasteiger partial charge is 0.309 e. The van der Waals surface area contributed by atoms with E-state index >= 15 is 0 Å². The molecule has 0 saturated heterocycles. The molecule has 0 bridgehead atoms. The summed E-state index contributed by atoms with van der Waals surface area (Å²) < 4.78 is 0. The standard InChI is InChI=1S/C17H31N/c1-7-13(3)16-11-15(9-10-18(5)6)17(12-16)14(4)8-2/h12-14H,7-11H2,1-6H3. The smallest absolute Gasteiger partial charge is 0.00128 e. The molecule has 2 unspecified atom stereocenters. The van der Waals surface area contributed by atoms with Crippen LogP contribution in [0.3, 0.4) is 0 Å². The predicted octanol–water partition coefficient (Wildman–Crippen LogP) is 4.66. The third-order valence-corrected chi connectivity index (χ3v) is 4.42. The van der Waals surface area contributed by atoms with Crippen LogP contribution in [0.15, 0.2) is 22.8 Å². The van der Waals surface area contributed by atoms with E-state index in [1.54, 1.807) is 16.7 Å². The van der Waals surface area contributed by atoms with Crippen LogP contribution < -0.4 is 0 Å². The Kier molecular flexibility index (Phi) is 6.14. The lowest BCUT2D eigenvalue weighted by atomic mass is 9.94. The van der Waals surface area contributed by atoms with Crippen molar-refractivity contribution >= 4 is 0 Å². The monoisotopic (exact) mass is 249 g/mol. The van der Waals surface area contributed by atoms with Gasteiger partial charge < -0.3 is 4.90 Å². The number of hydrogen-bond acceptors (Lipinski definition) is 1. The zero-order valence-corrected chi connectivity index (χ0v) is 13.2. The van der Waals surface area contributed by atoms with Crippen LogP contribution in [0, 0.1) is 11.8 Å². The zero-order chi connectivity index (χ0) is 13.7. The Morgan fingerprint density at radius 3 is 2.22 bits per heavy atom. The molecule has 0 heterocycles. The quantitative estimate of drug-likeness (QED) is 0.634. The first kappa shape index (κ1) is 15.5. The van der Waals surface area contributed by atoms with E-state index in [9.17, 15) is 0 Å². The Bertz CT molecular complexity index is 323. The molecule has 1 rings (SSSR count). The van der Waals surface area contributed by atoms with E-state index in [0.717, 1.165) is 11.8 Å². The van der Waals surface area contributed by atoms with Crippen molar-refractivity contribution in [2.45, 2.75) is 53.4 Å². The van der Waals surface area contributed by atoms with Gasteiger partial charge in [0.1, 0.15) is 0 Å². The molecule has 0 saturated carbocycles. The van der Waals surface area contributed by atoms with Crippen LogP contribution in [0.1, 0.15) is 53.4 Å². The fourth-order valence-corrected chi connectivity index (χ4v) is 2.58. The van der Waals surface area contributed by atoms with Crippen LogP contribution in [-0.2, 0) is 0 Å². The predicted molar refractivity (Wildman–Crippen MR) is 81.8 cm³/mol. The average molecular weight is 249 g/mol. The Labute approximate surface area is 114 Å². The van der Waals surface area contributed by atoms with Crippen molar-refractivity contribution in [2.75, 3.05) is 20.6 Å². The Hall–Kier alpha value is -0.560. The van der Waals surface area contributed by atoms with Crippen molar-refractivity contribution < 1.29 is 0 Å². The molecule has 18 heavy (non-hydrogen) atoms. The summed E-state index contributed by atoms with van der Waals surface area (Å²) in [5.41, 5.74) is 5.02. The molecule has 0 amide bonds. The highest BCUT2D eigenvalue weighted by Crippen LogP contribution is 2.37. The molecular weight excluding hydrogens is 218 g/mol. The maximum Gasteiger partial charge on any atom is 0.00128 e. The number of allylic oxidation sites excluding steroid dienone is 3. The second-order valence-corrected chi connectivity index (χ2v) is 6.13. The van der Waals surface area contributed by atoms with E-state index in [2.05, 4.69) is 52.8 Å². The molecule has 0 radical (unpaired) electrons. The summed E-state index contributed by atoms with van der Waals surface area (Å²) in [5, 5.41) is 0. The summed E-state index contributed by atoms with van der Waals surface area (Å²) in [4.78, 5) is 2.29. The van der Waals surface area contributed by atoms with Gasteiger partial charge in [-0.15, -0.1) is 0 Å². The molecule has 104 valence electrons. The third kappa shape index (κ3) is 3.98. The topological polar surface area (TPSA) is 3.24 Å². The van der Waals surface area contributed by atoms with Crippen LogP contribution in [0.4, 0.5) is 0 Å². The minimum Gasteiger partial charge on any atom is -0.309 e. The van der Waals surface area contributed by atoms with Gasteiger partial charge in [-0.1, -0.05) is 44.9 Å². The van der Waals surface area contributed by atoms with E-state index in [0.29, 0.717) is 0 Å². The van der Waals surface area contributed by atoms with Crippen molar-refractivity contribution in [1.29, 1.82) is 0 Å². The number of rotatable bonds is 7. The van der Waals surface area contributed by atoms with Gasteiger partial charge in [-0.2, -0.15) is 0 Å². The van der Waals surface area contributed by atoms with Crippen LogP contribution in [-0.4, -0.2) is 25.5 Å². The summed E-state index contributed by atoms with van der Waals surface area (Å²) in [6.45, 7) is 10.5. The van der Waals surface area contributed by atoms with Gasteiger partial charge in [0.15, 0.2) is 0 Å². The second-order valence-electron chi connectivity index (χ2n) is 6.13. The van der Waals surface area contributed by atoms with Gasteiger partial charge in [-0.3, -0.25) is 0 Å². The van der Waals surface area contributed by atoms with Gasteiger partial charge in [0.05, 0.1) is 0 Å². The summed E-state index contributed by atoms with van der Waals surface area (Å²) in [6, 6.07) is 0. The molecular formula is C17H31N. The molecule has 0 N–H and O–H groups in total. The van der Waals surface area contributed by atoms with E-state index in [1.165, 1.54) is 32.2 Å². The Morgan fingerprint density at radius 1 is 1.11 bits per heavy atom. The molecule has 1 aliphatic carbocycles. The van der Waals surface area contributed by atoms with Crippen molar-refractivity contribution in [3.63, 3.8) is 0 Å². The highest BCUT2D eigenvalue weighted by atomic mass is 15.0. The van der Waals surface area contributed by atoms with E-state index in [1.807, 2.05) is 0 Å². The van der Waals surface area contributed by atoms with E-state index in [-0.39, 0.29) is 0 Å². The molecule has 0 aromatic rings. The molecule has 0 fully saturated rings. The van der Waals surface area contributed by atoms with Crippen molar-refractivity contribution in [2.24, 2.45) is 11.8 Å². The van der Waals surface area contributed by atoms with Crippen LogP contribution in [0.5, 0.6) is 0 Å². The van der Waals surface area contributed by atoms with Crippen molar-refractivity contribution in [3.05, 3.63) is 22.8 Å². The first-order chi connectivity index (χ1) is 8.49. The molecule has 0 spiro atoms. The summed E-state index contributed by atoms with van der Waals surface area (Å²) >= 11 is 0. The fourth-order valence-electron chi connectivity index (χ4n) is 2.58. The minimum atomic E-state index is 0.726. The molecule has 2 atom stereocenters. The maximum atomic E-state index is 2.52. The summed E-state index contributed by atoms with van der Waals surface area (Å²) in [5.74, 6) is 1.48. The molecule has 0 aromatic heterocycles. The first-order valence-corrected chi connectivity index (χ1v) is 7.56.